The molecule has 1 aliphatic rings. The minimum Gasteiger partial charge on any atom is -0.326 e. The molecule has 2 heterocycles. The van der Waals surface area contributed by atoms with Crippen molar-refractivity contribution in [2.24, 2.45) is 5.92 Å². The number of nitrogens with one attached hydrogen (secondary N) is 1. The molecule has 1 aromatic heterocycles. The van der Waals surface area contributed by atoms with E-state index in [1.165, 1.54) is 18.2 Å². The van der Waals surface area contributed by atoms with Gasteiger partial charge in [0.1, 0.15) is 5.82 Å². The first-order valence-corrected chi connectivity index (χ1v) is 10.4. The van der Waals surface area contributed by atoms with Crippen molar-refractivity contribution in [1.82, 2.24) is 14.8 Å². The highest BCUT2D eigenvalue weighted by Gasteiger charge is 2.22. The lowest BCUT2D eigenvalue weighted by Gasteiger charge is -2.12. The van der Waals surface area contributed by atoms with Crippen LogP contribution in [0.4, 0.5) is 5.69 Å². The van der Waals surface area contributed by atoms with Gasteiger partial charge in [-0.05, 0) is 44.0 Å². The van der Waals surface area contributed by atoms with Gasteiger partial charge < -0.3 is 9.88 Å². The van der Waals surface area contributed by atoms with Crippen LogP contribution >= 0.6 is 11.8 Å². The molecule has 0 saturated heterocycles. The molecule has 2 aromatic rings. The van der Waals surface area contributed by atoms with Crippen molar-refractivity contribution in [3.8, 4) is 0 Å². The smallest absolute Gasteiger partial charge is 0.226 e. The van der Waals surface area contributed by atoms with E-state index >= 15 is 0 Å². The molecule has 7 heteroatoms. The van der Waals surface area contributed by atoms with Gasteiger partial charge in [-0.3, -0.25) is 9.59 Å². The molecule has 144 valence electrons. The third-order valence-corrected chi connectivity index (χ3v) is 5.77. The van der Waals surface area contributed by atoms with Crippen LogP contribution in [0.5, 0.6) is 0 Å². The lowest BCUT2D eigenvalue weighted by atomic mass is 10.1. The Labute approximate surface area is 164 Å². The van der Waals surface area contributed by atoms with Crippen LogP contribution < -0.4 is 5.32 Å². The van der Waals surface area contributed by atoms with E-state index in [-0.39, 0.29) is 22.9 Å². The Bertz CT molecular complexity index is 814. The number of Topliss-reactive ketones (excluding diaryl/α,β-unsaturated/α-hetero) is 1. The van der Waals surface area contributed by atoms with E-state index in [2.05, 4.69) is 20.1 Å². The van der Waals surface area contributed by atoms with Crippen molar-refractivity contribution in [2.45, 2.75) is 63.4 Å². The molecular formula is C20H26N4O2S. The summed E-state index contributed by atoms with van der Waals surface area (Å²) in [4.78, 5) is 24.5. The fourth-order valence-corrected chi connectivity index (χ4v) is 3.97. The molecule has 1 aliphatic heterocycles. The van der Waals surface area contributed by atoms with E-state index in [9.17, 15) is 9.59 Å². The third kappa shape index (κ3) is 4.77. The van der Waals surface area contributed by atoms with Gasteiger partial charge >= 0.3 is 0 Å². The number of benzene rings is 1. The first-order valence-electron chi connectivity index (χ1n) is 9.49. The second-order valence-electron chi connectivity index (χ2n) is 7.21. The number of nitrogens with zero attached hydrogens (tertiary/aromatic N) is 3. The topological polar surface area (TPSA) is 76.9 Å². The lowest BCUT2D eigenvalue weighted by Crippen LogP contribution is -2.18. The highest BCUT2D eigenvalue weighted by molar-refractivity contribution is 8.00. The standard InChI is InChI=1S/C20H26N4O2S/c1-13(2)19(26)21-16-10-8-15(9-11-16)18(25)14(3)27-20-23-22-17-7-5-4-6-12-24(17)20/h8-11,13-14H,4-7,12H2,1-3H3,(H,21,26)/t14-/m0/s1. The van der Waals surface area contributed by atoms with Crippen LogP contribution in [-0.4, -0.2) is 31.7 Å². The van der Waals surface area contributed by atoms with E-state index < -0.39 is 0 Å². The molecule has 1 atom stereocenters. The first-order chi connectivity index (χ1) is 13.0. The Balaban J connectivity index is 1.65. The second-order valence-corrected chi connectivity index (χ2v) is 8.51. The van der Waals surface area contributed by atoms with Gasteiger partial charge in [0.15, 0.2) is 10.9 Å². The SMILES string of the molecule is CC(C)C(=O)Nc1ccc(C(=O)[C@H](C)Sc2nnc3n2CCCCC3)cc1. The molecule has 0 aliphatic carbocycles. The van der Waals surface area contributed by atoms with Gasteiger partial charge in [0, 0.05) is 30.1 Å². The van der Waals surface area contributed by atoms with Crippen molar-refractivity contribution in [3.63, 3.8) is 0 Å². The van der Waals surface area contributed by atoms with E-state index in [0.717, 1.165) is 36.8 Å². The van der Waals surface area contributed by atoms with Crippen LogP contribution in [-0.2, 0) is 17.8 Å². The van der Waals surface area contributed by atoms with Gasteiger partial charge in [0.2, 0.25) is 5.91 Å². The highest BCUT2D eigenvalue weighted by atomic mass is 32.2. The van der Waals surface area contributed by atoms with E-state index in [4.69, 9.17) is 0 Å². The molecule has 27 heavy (non-hydrogen) atoms. The molecule has 1 amide bonds. The average Bonchev–Trinajstić information content (AvgIpc) is 2.88. The number of aryl methyl sites for hydroxylation is 1. The summed E-state index contributed by atoms with van der Waals surface area (Å²) < 4.78 is 2.16. The van der Waals surface area contributed by atoms with Gasteiger partial charge in [-0.15, -0.1) is 10.2 Å². The average molecular weight is 387 g/mol. The zero-order valence-corrected chi connectivity index (χ0v) is 16.9. The second kappa shape index (κ2) is 8.69. The number of hydrogen-bond acceptors (Lipinski definition) is 5. The van der Waals surface area contributed by atoms with Gasteiger partial charge in [-0.25, -0.2) is 0 Å². The molecule has 3 rings (SSSR count). The number of carbonyl (C=O) groups is 2. The maximum Gasteiger partial charge on any atom is 0.226 e. The Kier molecular flexibility index (Phi) is 6.31. The Hall–Kier alpha value is -2.15. The molecule has 0 bridgehead atoms. The summed E-state index contributed by atoms with van der Waals surface area (Å²) in [5, 5.41) is 12.0. The number of hydrogen-bond donors (Lipinski definition) is 1. The molecule has 0 radical (unpaired) electrons. The van der Waals surface area contributed by atoms with Crippen LogP contribution in [0.3, 0.4) is 0 Å². The molecule has 0 unspecified atom stereocenters. The van der Waals surface area contributed by atoms with Crippen LogP contribution in [0.2, 0.25) is 0 Å². The fourth-order valence-electron chi connectivity index (χ4n) is 3.00. The number of anilines is 1. The van der Waals surface area contributed by atoms with Gasteiger partial charge in [0.05, 0.1) is 5.25 Å². The fraction of sp³-hybridized carbons (Fsp3) is 0.500. The molecule has 0 saturated carbocycles. The number of ketones is 1. The summed E-state index contributed by atoms with van der Waals surface area (Å²) in [5.74, 6) is 0.958. The number of carbonyl (C=O) groups excluding carboxylic acids is 2. The summed E-state index contributed by atoms with van der Waals surface area (Å²) in [6, 6.07) is 7.07. The van der Waals surface area contributed by atoms with E-state index in [1.807, 2.05) is 20.8 Å². The zero-order chi connectivity index (χ0) is 19.4. The predicted molar refractivity (Wildman–Crippen MR) is 107 cm³/mol. The summed E-state index contributed by atoms with van der Waals surface area (Å²) >= 11 is 1.47. The summed E-state index contributed by atoms with van der Waals surface area (Å²) in [5.41, 5.74) is 1.33. The van der Waals surface area contributed by atoms with Crippen molar-refractivity contribution < 1.29 is 9.59 Å². The quantitative estimate of drug-likeness (QED) is 0.601. The van der Waals surface area contributed by atoms with Crippen LogP contribution in [0.15, 0.2) is 29.4 Å². The summed E-state index contributed by atoms with van der Waals surface area (Å²) in [7, 11) is 0. The maximum atomic E-state index is 12.8. The molecule has 1 aromatic carbocycles. The number of fused-ring (bicyclic) bond motifs is 1. The summed E-state index contributed by atoms with van der Waals surface area (Å²) in [6.07, 6.45) is 4.45. The van der Waals surface area contributed by atoms with Crippen LogP contribution in [0.25, 0.3) is 0 Å². The van der Waals surface area contributed by atoms with Crippen LogP contribution in [0.1, 0.15) is 56.2 Å². The number of aromatic nitrogens is 3. The van der Waals surface area contributed by atoms with Gasteiger partial charge in [-0.2, -0.15) is 0 Å². The van der Waals surface area contributed by atoms with E-state index in [0.29, 0.717) is 11.3 Å². The minimum atomic E-state index is -0.252. The van der Waals surface area contributed by atoms with Gasteiger partial charge in [-0.1, -0.05) is 32.0 Å². The lowest BCUT2D eigenvalue weighted by molar-refractivity contribution is -0.118. The van der Waals surface area contributed by atoms with Crippen molar-refractivity contribution in [1.29, 1.82) is 0 Å². The van der Waals surface area contributed by atoms with Crippen LogP contribution in [0, 0.1) is 5.92 Å². The molecule has 1 N–H and O–H groups in total. The highest BCUT2D eigenvalue weighted by Crippen LogP contribution is 2.27. The van der Waals surface area contributed by atoms with E-state index in [1.54, 1.807) is 24.3 Å². The Morgan fingerprint density at radius 2 is 1.81 bits per heavy atom. The van der Waals surface area contributed by atoms with Crippen molar-refractivity contribution in [3.05, 3.63) is 35.7 Å². The Morgan fingerprint density at radius 3 is 2.52 bits per heavy atom. The van der Waals surface area contributed by atoms with Gasteiger partial charge in [0.25, 0.3) is 0 Å². The summed E-state index contributed by atoms with van der Waals surface area (Å²) in [6.45, 7) is 6.52. The maximum absolute atomic E-state index is 12.8. The number of amides is 1. The van der Waals surface area contributed by atoms with Crippen molar-refractivity contribution in [2.75, 3.05) is 5.32 Å². The molecule has 6 nitrogen and oxygen atoms in total. The zero-order valence-electron chi connectivity index (χ0n) is 16.1. The Morgan fingerprint density at radius 1 is 1.07 bits per heavy atom. The number of rotatable bonds is 6. The monoisotopic (exact) mass is 386 g/mol. The molecular weight excluding hydrogens is 360 g/mol. The third-order valence-electron chi connectivity index (χ3n) is 4.69. The first kappa shape index (κ1) is 19.6. The normalized spacial score (nSPS) is 15.1. The molecule has 0 fully saturated rings. The van der Waals surface area contributed by atoms with Crippen molar-refractivity contribution >= 4 is 29.1 Å². The minimum absolute atomic E-state index is 0.0366. The largest absolute Gasteiger partial charge is 0.326 e. The number of thioether (sulfide) groups is 1. The predicted octanol–water partition coefficient (Wildman–Crippen LogP) is 3.96. The molecule has 0 spiro atoms.